The van der Waals surface area contributed by atoms with Crippen molar-refractivity contribution in [1.29, 1.82) is 0 Å². The predicted molar refractivity (Wildman–Crippen MR) is 166 cm³/mol. The van der Waals surface area contributed by atoms with Crippen LogP contribution in [0.4, 0.5) is 36.4 Å². The topological polar surface area (TPSA) is 119 Å². The fourth-order valence-electron chi connectivity index (χ4n) is 6.21. The Kier molecular flexibility index (Phi) is 10.8. The van der Waals surface area contributed by atoms with Crippen molar-refractivity contribution in [2.75, 3.05) is 37.2 Å². The number of fused-ring (bicyclic) bond motifs is 1. The summed E-state index contributed by atoms with van der Waals surface area (Å²) in [6, 6.07) is 10.2. The average Bonchev–Trinajstić information content (AvgIpc) is 3.06. The van der Waals surface area contributed by atoms with Crippen LogP contribution >= 0.6 is 0 Å². The zero-order chi connectivity index (χ0) is 36.5. The number of anilines is 1. The van der Waals surface area contributed by atoms with E-state index in [0.717, 1.165) is 53.3 Å². The van der Waals surface area contributed by atoms with Crippen LogP contribution in [0.1, 0.15) is 41.1 Å². The van der Waals surface area contributed by atoms with E-state index < -0.39 is 75.3 Å². The number of morpholine rings is 1. The van der Waals surface area contributed by atoms with Gasteiger partial charge in [0, 0.05) is 31.6 Å². The molecule has 2 heterocycles. The quantitative estimate of drug-likeness (QED) is 0.258. The van der Waals surface area contributed by atoms with Crippen LogP contribution in [-0.4, -0.2) is 80.7 Å². The maximum absolute atomic E-state index is 14.0. The van der Waals surface area contributed by atoms with Crippen molar-refractivity contribution in [2.24, 2.45) is 0 Å². The van der Waals surface area contributed by atoms with Gasteiger partial charge in [0.1, 0.15) is 5.82 Å². The number of nitrogens with zero attached hydrogens (tertiary/aromatic N) is 2. The highest BCUT2D eigenvalue weighted by Crippen LogP contribution is 2.51. The molecular formula is C33H34F7N3O6S. The lowest BCUT2D eigenvalue weighted by Crippen LogP contribution is -2.54. The van der Waals surface area contributed by atoms with Crippen LogP contribution in [0, 0.1) is 5.82 Å². The first kappa shape index (κ1) is 37.5. The van der Waals surface area contributed by atoms with Crippen LogP contribution < -0.4 is 9.62 Å². The number of hydrogen-bond acceptors (Lipinski definition) is 7. The summed E-state index contributed by atoms with van der Waals surface area (Å²) in [5.41, 5.74) is -5.89. The molecule has 2 aliphatic heterocycles. The van der Waals surface area contributed by atoms with Crippen LogP contribution in [0.15, 0.2) is 71.6 Å². The molecule has 0 unspecified atom stereocenters. The number of alkyl halides is 6. The number of aliphatic hydroxyl groups is 2. The fraction of sp³-hybridized carbons (Fsp3) is 0.424. The molecule has 2 atom stereocenters. The van der Waals surface area contributed by atoms with E-state index >= 15 is 0 Å². The van der Waals surface area contributed by atoms with Crippen LogP contribution in [0.2, 0.25) is 0 Å². The standard InChI is InChI=1S/C33H34F7N3O6S/c34-25-6-9-27(10-7-25)50(47,48)43-26(8-4-23-17-24(5-11-29(23)43)31(46,32(35,36)37)33(38,39)40)18-30(45)41-28(20-44)22-3-1-2-21(16-22)19-42-12-14-49-15-13-42/h1-3,5-7,9-11,16-17,26,28,44,46H,4,8,12-15,18-20H2,(H,41,45)/t26-,28-/m0/s1. The molecule has 3 aromatic carbocycles. The van der Waals surface area contributed by atoms with Gasteiger partial charge in [-0.3, -0.25) is 14.0 Å². The van der Waals surface area contributed by atoms with Crippen molar-refractivity contribution in [2.45, 2.75) is 60.7 Å². The summed E-state index contributed by atoms with van der Waals surface area (Å²) < 4.78 is 130. The van der Waals surface area contributed by atoms with Crippen molar-refractivity contribution in [3.05, 3.63) is 94.8 Å². The highest BCUT2D eigenvalue weighted by atomic mass is 32.2. The van der Waals surface area contributed by atoms with Gasteiger partial charge < -0.3 is 20.3 Å². The van der Waals surface area contributed by atoms with Crippen LogP contribution in [-0.2, 0) is 38.1 Å². The molecule has 1 saturated heterocycles. The fourth-order valence-corrected chi connectivity index (χ4v) is 7.92. The molecule has 0 aliphatic carbocycles. The first-order valence-corrected chi connectivity index (χ1v) is 17.0. The predicted octanol–water partition coefficient (Wildman–Crippen LogP) is 4.72. The number of hydrogen-bond donors (Lipinski definition) is 3. The van der Waals surface area contributed by atoms with Crippen molar-refractivity contribution >= 4 is 21.6 Å². The number of benzene rings is 3. The number of halogens is 7. The molecule has 0 bridgehead atoms. The first-order valence-electron chi connectivity index (χ1n) is 15.5. The molecule has 2 aliphatic rings. The minimum absolute atomic E-state index is 0.223. The highest BCUT2D eigenvalue weighted by molar-refractivity contribution is 7.92. The third-order valence-corrected chi connectivity index (χ3v) is 10.7. The summed E-state index contributed by atoms with van der Waals surface area (Å²) >= 11 is 0. The van der Waals surface area contributed by atoms with E-state index in [1.54, 1.807) is 12.1 Å². The van der Waals surface area contributed by atoms with Gasteiger partial charge in [-0.2, -0.15) is 26.3 Å². The second-order valence-electron chi connectivity index (χ2n) is 12.1. The summed E-state index contributed by atoms with van der Waals surface area (Å²) in [4.78, 5) is 15.2. The number of amides is 1. The molecule has 1 amide bonds. The van der Waals surface area contributed by atoms with E-state index in [9.17, 15) is 54.2 Å². The van der Waals surface area contributed by atoms with Gasteiger partial charge in [-0.15, -0.1) is 0 Å². The molecule has 50 heavy (non-hydrogen) atoms. The summed E-state index contributed by atoms with van der Waals surface area (Å²) in [5.74, 6) is -1.47. The Morgan fingerprint density at radius 1 is 0.960 bits per heavy atom. The molecule has 9 nitrogen and oxygen atoms in total. The minimum Gasteiger partial charge on any atom is -0.394 e. The number of ether oxygens (including phenoxy) is 1. The maximum Gasteiger partial charge on any atom is 0.430 e. The number of carbonyl (C=O) groups excluding carboxylic acids is 1. The molecular weight excluding hydrogens is 699 g/mol. The van der Waals surface area contributed by atoms with Crippen molar-refractivity contribution in [3.8, 4) is 0 Å². The van der Waals surface area contributed by atoms with Gasteiger partial charge >= 0.3 is 12.4 Å². The number of sulfonamides is 1. The number of rotatable bonds is 10. The van der Waals surface area contributed by atoms with E-state index in [1.165, 1.54) is 0 Å². The molecule has 3 aromatic rings. The second-order valence-corrected chi connectivity index (χ2v) is 14.0. The van der Waals surface area contributed by atoms with Crippen LogP contribution in [0.3, 0.4) is 0 Å². The number of aryl methyl sites for hydroxylation is 1. The van der Waals surface area contributed by atoms with Crippen LogP contribution in [0.25, 0.3) is 0 Å². The number of carbonyl (C=O) groups is 1. The van der Waals surface area contributed by atoms with Gasteiger partial charge in [0.15, 0.2) is 0 Å². The minimum atomic E-state index is -6.17. The average molecular weight is 734 g/mol. The zero-order valence-electron chi connectivity index (χ0n) is 26.3. The molecule has 0 aromatic heterocycles. The first-order chi connectivity index (χ1) is 23.5. The van der Waals surface area contributed by atoms with Gasteiger partial charge in [-0.1, -0.05) is 36.4 Å². The SMILES string of the molecule is O=C(C[C@@H]1CCc2cc(C(O)(C(F)(F)F)C(F)(F)F)ccc2N1S(=O)(=O)c1ccc(F)cc1)N[C@@H](CO)c1cccc(CN2CCOCC2)c1. The molecule has 272 valence electrons. The Hall–Kier alpha value is -3.77. The van der Waals surface area contributed by atoms with E-state index in [0.29, 0.717) is 37.5 Å². The van der Waals surface area contributed by atoms with Crippen LogP contribution in [0.5, 0.6) is 0 Å². The number of aliphatic hydroxyl groups excluding tert-OH is 1. The second kappa shape index (κ2) is 14.5. The Bertz CT molecular complexity index is 1770. The molecule has 0 radical (unpaired) electrons. The van der Waals surface area contributed by atoms with Gasteiger partial charge in [0.25, 0.3) is 15.6 Å². The summed E-state index contributed by atoms with van der Waals surface area (Å²) in [6.07, 6.45) is -13.3. The largest absolute Gasteiger partial charge is 0.430 e. The lowest BCUT2D eigenvalue weighted by Gasteiger charge is -2.39. The summed E-state index contributed by atoms with van der Waals surface area (Å²) in [7, 11) is -4.68. The van der Waals surface area contributed by atoms with E-state index in [1.807, 2.05) is 12.1 Å². The summed E-state index contributed by atoms with van der Waals surface area (Å²) in [6.45, 7) is 2.75. The third kappa shape index (κ3) is 7.61. The zero-order valence-corrected chi connectivity index (χ0v) is 27.2. The molecule has 3 N–H and O–H groups in total. The highest BCUT2D eigenvalue weighted by Gasteiger charge is 2.71. The lowest BCUT2D eigenvalue weighted by molar-refractivity contribution is -0.376. The molecule has 5 rings (SSSR count). The van der Waals surface area contributed by atoms with Crippen molar-refractivity contribution in [1.82, 2.24) is 10.2 Å². The maximum atomic E-state index is 14.0. The van der Waals surface area contributed by atoms with Gasteiger partial charge in [-0.25, -0.2) is 12.8 Å². The number of nitrogens with one attached hydrogen (secondary N) is 1. The van der Waals surface area contributed by atoms with Crippen molar-refractivity contribution < 1.29 is 58.9 Å². The smallest absolute Gasteiger partial charge is 0.394 e. The summed E-state index contributed by atoms with van der Waals surface area (Å²) in [5, 5.41) is 22.8. The third-order valence-electron chi connectivity index (χ3n) is 8.81. The Morgan fingerprint density at radius 3 is 2.24 bits per heavy atom. The Balaban J connectivity index is 1.45. The molecule has 0 saturated carbocycles. The van der Waals surface area contributed by atoms with Crippen molar-refractivity contribution in [3.63, 3.8) is 0 Å². The van der Waals surface area contributed by atoms with Gasteiger partial charge in [0.05, 0.1) is 42.5 Å². The molecule has 0 spiro atoms. The monoisotopic (exact) mass is 733 g/mol. The van der Waals surface area contributed by atoms with E-state index in [-0.39, 0.29) is 24.1 Å². The Labute approximate surface area is 283 Å². The normalized spacial score (nSPS) is 18.4. The van der Waals surface area contributed by atoms with E-state index in [2.05, 4.69) is 10.2 Å². The lowest BCUT2D eigenvalue weighted by atomic mass is 9.87. The van der Waals surface area contributed by atoms with Gasteiger partial charge in [-0.05, 0) is 59.9 Å². The molecule has 1 fully saturated rings. The van der Waals surface area contributed by atoms with E-state index in [4.69, 9.17) is 4.74 Å². The Morgan fingerprint density at radius 2 is 1.62 bits per heavy atom. The van der Waals surface area contributed by atoms with Gasteiger partial charge in [0.2, 0.25) is 5.91 Å². The molecule has 17 heteroatoms.